The Labute approximate surface area is 141 Å². The van der Waals surface area contributed by atoms with E-state index in [0.29, 0.717) is 25.2 Å². The quantitative estimate of drug-likeness (QED) is 0.503. The molecule has 0 unspecified atom stereocenters. The van der Waals surface area contributed by atoms with Crippen LogP contribution in [-0.2, 0) is 6.42 Å². The summed E-state index contributed by atoms with van der Waals surface area (Å²) in [6, 6.07) is 7.28. The fourth-order valence-electron chi connectivity index (χ4n) is 2.13. The van der Waals surface area contributed by atoms with Gasteiger partial charge in [0.25, 0.3) is 0 Å². The zero-order valence-corrected chi connectivity index (χ0v) is 14.4. The molecule has 0 bridgehead atoms. The first-order valence-corrected chi connectivity index (χ1v) is 7.90. The number of hydrogen-bond donors (Lipinski definition) is 3. The summed E-state index contributed by atoms with van der Waals surface area (Å²) < 4.78 is 26.1. The maximum atomic E-state index is 13.0. The lowest BCUT2D eigenvalue weighted by Gasteiger charge is -2.18. The predicted octanol–water partition coefficient (Wildman–Crippen LogP) is 2.74. The highest BCUT2D eigenvalue weighted by molar-refractivity contribution is 5.73. The van der Waals surface area contributed by atoms with Crippen molar-refractivity contribution in [3.8, 4) is 0 Å². The number of urea groups is 1. The van der Waals surface area contributed by atoms with Crippen molar-refractivity contribution in [2.45, 2.75) is 32.6 Å². The summed E-state index contributed by atoms with van der Waals surface area (Å²) in [5.41, 5.74) is 2.35. The number of benzene rings is 1. The fourth-order valence-corrected chi connectivity index (χ4v) is 2.13. The summed E-state index contributed by atoms with van der Waals surface area (Å²) >= 11 is 0. The third-order valence-electron chi connectivity index (χ3n) is 3.32. The highest BCUT2D eigenvalue weighted by Crippen LogP contribution is 2.23. The molecular formula is C17H26F2N4O. The molecule has 1 rings (SSSR count). The van der Waals surface area contributed by atoms with E-state index < -0.39 is 5.92 Å². The number of carbonyl (C=O) groups excluding carboxylic acids is 1. The number of carbonyl (C=O) groups is 1. The SMILES string of the molecule is CCNC(=O)NCCc1ccc(/C(=C/CC(C)(F)F)N(C)N)cc1. The lowest BCUT2D eigenvalue weighted by Crippen LogP contribution is -2.36. The van der Waals surface area contributed by atoms with E-state index in [1.165, 1.54) is 11.1 Å². The summed E-state index contributed by atoms with van der Waals surface area (Å²) in [4.78, 5) is 11.3. The average Bonchev–Trinajstić information content (AvgIpc) is 2.47. The minimum Gasteiger partial charge on any atom is -0.338 e. The number of allylic oxidation sites excluding steroid dienone is 1. The van der Waals surface area contributed by atoms with Crippen LogP contribution in [0.5, 0.6) is 0 Å². The topological polar surface area (TPSA) is 70.4 Å². The summed E-state index contributed by atoms with van der Waals surface area (Å²) in [5, 5.41) is 6.74. The van der Waals surface area contributed by atoms with Gasteiger partial charge in [-0.1, -0.05) is 30.3 Å². The van der Waals surface area contributed by atoms with E-state index in [1.54, 1.807) is 7.05 Å². The Morgan fingerprint density at radius 3 is 2.42 bits per heavy atom. The summed E-state index contributed by atoms with van der Waals surface area (Å²) in [6.07, 6.45) is 1.75. The van der Waals surface area contributed by atoms with Crippen LogP contribution in [0.1, 0.15) is 31.4 Å². The van der Waals surface area contributed by atoms with Crippen molar-refractivity contribution in [3.63, 3.8) is 0 Å². The monoisotopic (exact) mass is 340 g/mol. The van der Waals surface area contributed by atoms with Gasteiger partial charge in [-0.2, -0.15) is 0 Å². The molecule has 1 aromatic carbocycles. The molecule has 0 atom stereocenters. The number of hydrogen-bond acceptors (Lipinski definition) is 3. The van der Waals surface area contributed by atoms with Gasteiger partial charge in [-0.15, -0.1) is 0 Å². The van der Waals surface area contributed by atoms with Crippen LogP contribution < -0.4 is 16.5 Å². The van der Waals surface area contributed by atoms with Crippen LogP contribution >= 0.6 is 0 Å². The molecule has 0 fully saturated rings. The number of hydrazine groups is 1. The van der Waals surface area contributed by atoms with Gasteiger partial charge in [-0.25, -0.2) is 19.4 Å². The van der Waals surface area contributed by atoms with Crippen LogP contribution in [-0.4, -0.2) is 37.1 Å². The third kappa shape index (κ3) is 7.41. The molecule has 0 aliphatic carbocycles. The smallest absolute Gasteiger partial charge is 0.314 e. The van der Waals surface area contributed by atoms with Crippen LogP contribution in [0.4, 0.5) is 13.6 Å². The number of rotatable bonds is 8. The first kappa shape index (κ1) is 19.9. The van der Waals surface area contributed by atoms with Crippen LogP contribution in [0.2, 0.25) is 0 Å². The second kappa shape index (κ2) is 9.22. The van der Waals surface area contributed by atoms with Gasteiger partial charge < -0.3 is 15.6 Å². The molecule has 0 heterocycles. The minimum absolute atomic E-state index is 0.190. The normalized spacial score (nSPS) is 12.0. The lowest BCUT2D eigenvalue weighted by molar-refractivity contribution is 0.0254. The summed E-state index contributed by atoms with van der Waals surface area (Å²) in [6.45, 7) is 3.83. The van der Waals surface area contributed by atoms with E-state index in [9.17, 15) is 13.6 Å². The third-order valence-corrected chi connectivity index (χ3v) is 3.32. The van der Waals surface area contributed by atoms with E-state index in [1.807, 2.05) is 31.2 Å². The highest BCUT2D eigenvalue weighted by Gasteiger charge is 2.20. The summed E-state index contributed by atoms with van der Waals surface area (Å²) in [7, 11) is 1.61. The van der Waals surface area contributed by atoms with E-state index in [4.69, 9.17) is 5.84 Å². The van der Waals surface area contributed by atoms with Crippen molar-refractivity contribution < 1.29 is 13.6 Å². The molecule has 2 amide bonds. The molecule has 0 aromatic heterocycles. The summed E-state index contributed by atoms with van der Waals surface area (Å²) in [5.74, 6) is 2.97. The van der Waals surface area contributed by atoms with Crippen molar-refractivity contribution in [1.82, 2.24) is 15.6 Å². The average molecular weight is 340 g/mol. The Morgan fingerprint density at radius 1 is 1.29 bits per heavy atom. The molecule has 0 saturated carbocycles. The van der Waals surface area contributed by atoms with E-state index >= 15 is 0 Å². The van der Waals surface area contributed by atoms with Crippen molar-refractivity contribution in [3.05, 3.63) is 41.5 Å². The highest BCUT2D eigenvalue weighted by atomic mass is 19.3. The minimum atomic E-state index is -2.77. The Hall–Kier alpha value is -2.15. The molecule has 0 spiro atoms. The molecule has 7 heteroatoms. The zero-order valence-electron chi connectivity index (χ0n) is 14.4. The molecule has 134 valence electrons. The van der Waals surface area contributed by atoms with E-state index in [2.05, 4.69) is 10.6 Å². The van der Waals surface area contributed by atoms with Crippen molar-refractivity contribution >= 4 is 11.7 Å². The molecule has 24 heavy (non-hydrogen) atoms. The van der Waals surface area contributed by atoms with Gasteiger partial charge in [0.05, 0.1) is 5.70 Å². The molecule has 0 aliphatic rings. The Balaban J connectivity index is 2.68. The van der Waals surface area contributed by atoms with Crippen LogP contribution in [0, 0.1) is 0 Å². The molecule has 0 radical (unpaired) electrons. The standard InChI is InChI=1S/C17H26F2N4O/c1-4-21-16(24)22-12-10-13-5-7-14(8-6-13)15(23(3)20)9-11-17(2,18)19/h5-9H,4,10-12,20H2,1-3H3,(H2,21,22,24)/b15-9-. The predicted molar refractivity (Wildman–Crippen MR) is 92.4 cm³/mol. The van der Waals surface area contributed by atoms with Gasteiger partial charge in [0.15, 0.2) is 0 Å². The second-order valence-corrected chi connectivity index (χ2v) is 5.71. The van der Waals surface area contributed by atoms with Crippen LogP contribution in [0.25, 0.3) is 5.70 Å². The number of nitrogens with one attached hydrogen (secondary N) is 2. The zero-order chi connectivity index (χ0) is 18.2. The van der Waals surface area contributed by atoms with E-state index in [0.717, 1.165) is 18.1 Å². The van der Waals surface area contributed by atoms with Crippen molar-refractivity contribution in [2.24, 2.45) is 5.84 Å². The van der Waals surface area contributed by atoms with Crippen molar-refractivity contribution in [1.29, 1.82) is 0 Å². The first-order valence-electron chi connectivity index (χ1n) is 7.90. The van der Waals surface area contributed by atoms with E-state index in [-0.39, 0.29) is 12.5 Å². The van der Waals surface area contributed by atoms with Crippen LogP contribution in [0.3, 0.4) is 0 Å². The molecule has 0 aliphatic heterocycles. The van der Waals surface area contributed by atoms with Crippen molar-refractivity contribution in [2.75, 3.05) is 20.1 Å². The molecular weight excluding hydrogens is 314 g/mol. The Bertz CT molecular complexity index is 551. The number of amides is 2. The van der Waals surface area contributed by atoms with Crippen LogP contribution in [0.15, 0.2) is 30.3 Å². The second-order valence-electron chi connectivity index (χ2n) is 5.71. The number of nitrogens with zero attached hydrogens (tertiary/aromatic N) is 1. The lowest BCUT2D eigenvalue weighted by atomic mass is 10.1. The molecule has 1 aromatic rings. The first-order chi connectivity index (χ1) is 11.2. The van der Waals surface area contributed by atoms with Gasteiger partial charge in [0.2, 0.25) is 5.92 Å². The van der Waals surface area contributed by atoms with Gasteiger partial charge in [-0.05, 0) is 31.4 Å². The molecule has 4 N–H and O–H groups in total. The molecule has 5 nitrogen and oxygen atoms in total. The maximum Gasteiger partial charge on any atom is 0.314 e. The van der Waals surface area contributed by atoms with Gasteiger partial charge in [0.1, 0.15) is 0 Å². The van der Waals surface area contributed by atoms with Gasteiger partial charge in [0, 0.05) is 26.6 Å². The Kier molecular flexibility index (Phi) is 7.64. The maximum absolute atomic E-state index is 13.0. The molecule has 0 saturated heterocycles. The number of nitrogens with two attached hydrogens (primary N) is 1. The van der Waals surface area contributed by atoms with Gasteiger partial charge in [-0.3, -0.25) is 0 Å². The number of halogens is 2. The fraction of sp³-hybridized carbons (Fsp3) is 0.471. The largest absolute Gasteiger partial charge is 0.338 e. The van der Waals surface area contributed by atoms with Gasteiger partial charge >= 0.3 is 6.03 Å². The number of alkyl halides is 2. The Morgan fingerprint density at radius 2 is 1.92 bits per heavy atom.